The monoisotopic (exact) mass is 468 g/mol. The third kappa shape index (κ3) is 4.74. The third-order valence-electron chi connectivity index (χ3n) is 6.68. The molecule has 0 atom stereocenters. The molecule has 0 amide bonds. The summed E-state index contributed by atoms with van der Waals surface area (Å²) >= 11 is 0. The van der Waals surface area contributed by atoms with Crippen LogP contribution >= 0.6 is 0 Å². The molecule has 3 aromatic rings. The quantitative estimate of drug-likeness (QED) is 0.585. The molecule has 3 heterocycles. The first kappa shape index (κ1) is 22.7. The van der Waals surface area contributed by atoms with E-state index >= 15 is 0 Å². The summed E-state index contributed by atoms with van der Waals surface area (Å²) in [6.07, 6.45) is 9.18. The highest BCUT2D eigenvalue weighted by atomic mass is 19.1. The Morgan fingerprint density at radius 1 is 1.00 bits per heavy atom. The smallest absolute Gasteiger partial charge is 0.227 e. The van der Waals surface area contributed by atoms with E-state index in [1.165, 1.54) is 18.9 Å². The Labute approximate surface area is 198 Å². The molecule has 0 bridgehead atoms. The molecule has 2 fully saturated rings. The molecule has 8 nitrogen and oxygen atoms in total. The van der Waals surface area contributed by atoms with Crippen molar-refractivity contribution in [2.45, 2.75) is 31.7 Å². The molecule has 1 aliphatic heterocycles. The minimum absolute atomic E-state index is 0.178. The number of benzene rings is 1. The van der Waals surface area contributed by atoms with Crippen LogP contribution in [-0.4, -0.2) is 70.0 Å². The van der Waals surface area contributed by atoms with E-state index in [2.05, 4.69) is 30.4 Å². The number of halogens is 2. The molecule has 10 heteroatoms. The molecule has 0 radical (unpaired) electrons. The predicted molar refractivity (Wildman–Crippen MR) is 128 cm³/mol. The van der Waals surface area contributed by atoms with Gasteiger partial charge in [-0.25, -0.2) is 28.8 Å². The van der Waals surface area contributed by atoms with Crippen LogP contribution in [0.1, 0.15) is 31.7 Å². The number of piperazine rings is 1. The fourth-order valence-corrected chi connectivity index (χ4v) is 4.77. The maximum Gasteiger partial charge on any atom is 0.227 e. The van der Waals surface area contributed by atoms with Gasteiger partial charge in [0.1, 0.15) is 11.5 Å². The van der Waals surface area contributed by atoms with Crippen LogP contribution in [0.3, 0.4) is 0 Å². The number of rotatable bonds is 6. The van der Waals surface area contributed by atoms with Crippen molar-refractivity contribution in [1.82, 2.24) is 29.8 Å². The maximum atomic E-state index is 14.9. The van der Waals surface area contributed by atoms with Gasteiger partial charge in [-0.1, -0.05) is 12.8 Å². The molecular formula is C24H30F2N8. The fraction of sp³-hybridized carbons (Fsp3) is 0.458. The van der Waals surface area contributed by atoms with E-state index in [9.17, 15) is 8.78 Å². The summed E-state index contributed by atoms with van der Waals surface area (Å²) in [6, 6.07) is 5.35. The number of hydrazine groups is 1. The Morgan fingerprint density at radius 3 is 2.47 bits per heavy atom. The highest BCUT2D eigenvalue weighted by Gasteiger charge is 2.22. The average Bonchev–Trinajstić information content (AvgIpc) is 3.53. The van der Waals surface area contributed by atoms with Gasteiger partial charge in [0, 0.05) is 57.7 Å². The van der Waals surface area contributed by atoms with Crippen molar-refractivity contribution in [3.8, 4) is 11.3 Å². The Morgan fingerprint density at radius 2 is 1.76 bits per heavy atom. The average molecular weight is 469 g/mol. The van der Waals surface area contributed by atoms with Crippen LogP contribution in [0.5, 0.6) is 0 Å². The normalized spacial score (nSPS) is 17.6. The highest BCUT2D eigenvalue weighted by Crippen LogP contribution is 2.31. The van der Waals surface area contributed by atoms with E-state index < -0.39 is 5.82 Å². The van der Waals surface area contributed by atoms with E-state index in [4.69, 9.17) is 0 Å². The molecule has 180 valence electrons. The number of anilines is 3. The van der Waals surface area contributed by atoms with Crippen molar-refractivity contribution in [1.29, 1.82) is 0 Å². The van der Waals surface area contributed by atoms with E-state index in [-0.39, 0.29) is 17.5 Å². The first-order chi connectivity index (χ1) is 16.5. The molecule has 1 saturated carbocycles. The molecule has 1 saturated heterocycles. The van der Waals surface area contributed by atoms with Gasteiger partial charge < -0.3 is 10.2 Å². The number of hydrogen-bond donors (Lipinski definition) is 1. The summed E-state index contributed by atoms with van der Waals surface area (Å²) in [5, 5.41) is 11.7. The lowest BCUT2D eigenvalue weighted by molar-refractivity contribution is 0.0200. The van der Waals surface area contributed by atoms with Gasteiger partial charge in [-0.2, -0.15) is 5.10 Å². The molecule has 1 N–H and O–H groups in total. The molecule has 0 unspecified atom stereocenters. The lowest BCUT2D eigenvalue weighted by Gasteiger charge is -2.39. The molecule has 1 aromatic carbocycles. The van der Waals surface area contributed by atoms with Gasteiger partial charge in [0.05, 0.1) is 24.1 Å². The van der Waals surface area contributed by atoms with Crippen LogP contribution in [-0.2, 0) is 0 Å². The summed E-state index contributed by atoms with van der Waals surface area (Å²) in [5.74, 6) is -0.629. The Hall–Kier alpha value is -3.11. The van der Waals surface area contributed by atoms with Crippen LogP contribution < -0.4 is 10.2 Å². The van der Waals surface area contributed by atoms with Gasteiger partial charge in [-0.05, 0) is 31.0 Å². The van der Waals surface area contributed by atoms with Gasteiger partial charge in [0.15, 0.2) is 5.82 Å². The lowest BCUT2D eigenvalue weighted by atomic mass is 10.2. The number of nitrogens with zero attached hydrogens (tertiary/aromatic N) is 7. The standard InChI is InChI=1S/C24H30F2N8/c1-31(2)33-11-9-32(10-12-33)22-8-7-18(13-20(22)25)29-24-27-15-21(26)23(30-24)17-14-28-34(16-17)19-5-3-4-6-19/h7-8,13-16,19H,3-6,9-12H2,1-2H3,(H,27,29,30). The molecule has 1 aliphatic carbocycles. The maximum absolute atomic E-state index is 14.9. The zero-order valence-corrected chi connectivity index (χ0v) is 19.6. The number of nitrogens with one attached hydrogen (secondary N) is 1. The Bertz CT molecular complexity index is 1130. The highest BCUT2D eigenvalue weighted by molar-refractivity contribution is 5.63. The second-order valence-electron chi connectivity index (χ2n) is 9.12. The SMILES string of the molecule is CN(C)N1CCN(c2ccc(Nc3ncc(F)c(-c4cnn(C5CCCC5)c4)n3)cc2F)CC1. The molecule has 2 aromatic heterocycles. The summed E-state index contributed by atoms with van der Waals surface area (Å²) in [6.45, 7) is 3.19. The largest absolute Gasteiger partial charge is 0.366 e. The van der Waals surface area contributed by atoms with Crippen LogP contribution in [0.2, 0.25) is 0 Å². The van der Waals surface area contributed by atoms with E-state index in [1.807, 2.05) is 29.9 Å². The molecule has 0 spiro atoms. The topological polar surface area (TPSA) is 65.3 Å². The van der Waals surface area contributed by atoms with Crippen molar-refractivity contribution in [2.24, 2.45) is 0 Å². The van der Waals surface area contributed by atoms with E-state index in [0.717, 1.165) is 45.2 Å². The Kier molecular flexibility index (Phi) is 6.42. The number of aromatic nitrogens is 4. The molecule has 2 aliphatic rings. The predicted octanol–water partition coefficient (Wildman–Crippen LogP) is 4.08. The van der Waals surface area contributed by atoms with Gasteiger partial charge in [-0.15, -0.1) is 0 Å². The lowest BCUT2D eigenvalue weighted by Crippen LogP contribution is -2.51. The second kappa shape index (κ2) is 9.63. The summed E-state index contributed by atoms with van der Waals surface area (Å²) in [7, 11) is 4.03. The van der Waals surface area contributed by atoms with Crippen LogP contribution in [0.4, 0.5) is 26.1 Å². The summed E-state index contributed by atoms with van der Waals surface area (Å²) < 4.78 is 31.4. The van der Waals surface area contributed by atoms with Crippen molar-refractivity contribution >= 4 is 17.3 Å². The van der Waals surface area contributed by atoms with Crippen molar-refractivity contribution in [3.05, 3.63) is 48.4 Å². The van der Waals surface area contributed by atoms with Gasteiger partial charge in [-0.3, -0.25) is 4.68 Å². The van der Waals surface area contributed by atoms with Crippen molar-refractivity contribution in [2.75, 3.05) is 50.5 Å². The molecule has 5 rings (SSSR count). The first-order valence-electron chi connectivity index (χ1n) is 11.8. The van der Waals surface area contributed by atoms with Gasteiger partial charge >= 0.3 is 0 Å². The van der Waals surface area contributed by atoms with Gasteiger partial charge in [0.2, 0.25) is 5.95 Å². The van der Waals surface area contributed by atoms with E-state index in [0.29, 0.717) is 23.0 Å². The van der Waals surface area contributed by atoms with E-state index in [1.54, 1.807) is 18.3 Å². The minimum Gasteiger partial charge on any atom is -0.366 e. The molecular weight excluding hydrogens is 438 g/mol. The minimum atomic E-state index is -0.519. The first-order valence-corrected chi connectivity index (χ1v) is 11.8. The van der Waals surface area contributed by atoms with Crippen LogP contribution in [0.25, 0.3) is 11.3 Å². The second-order valence-corrected chi connectivity index (χ2v) is 9.12. The summed E-state index contributed by atoms with van der Waals surface area (Å²) in [5.41, 5.74) is 1.86. The van der Waals surface area contributed by atoms with Crippen molar-refractivity contribution in [3.63, 3.8) is 0 Å². The van der Waals surface area contributed by atoms with Crippen LogP contribution in [0.15, 0.2) is 36.8 Å². The van der Waals surface area contributed by atoms with Crippen molar-refractivity contribution < 1.29 is 8.78 Å². The molecule has 34 heavy (non-hydrogen) atoms. The number of hydrogen-bond acceptors (Lipinski definition) is 7. The third-order valence-corrected chi connectivity index (χ3v) is 6.68. The summed E-state index contributed by atoms with van der Waals surface area (Å²) in [4.78, 5) is 10.4. The van der Waals surface area contributed by atoms with Gasteiger partial charge in [0.25, 0.3) is 0 Å². The zero-order valence-electron chi connectivity index (χ0n) is 19.6. The van der Waals surface area contributed by atoms with Crippen LogP contribution in [0, 0.1) is 11.6 Å². The fourth-order valence-electron chi connectivity index (χ4n) is 4.77. The zero-order chi connectivity index (χ0) is 23.7. The Balaban J connectivity index is 1.30.